The molecule has 2 fully saturated rings. The van der Waals surface area contributed by atoms with E-state index in [1.54, 1.807) is 7.11 Å². The average Bonchev–Trinajstić information content (AvgIpc) is 3.25. The van der Waals surface area contributed by atoms with Crippen molar-refractivity contribution < 1.29 is 4.74 Å². The molecule has 104 valence electrons. The average molecular weight is 325 g/mol. The Labute approximate surface area is 123 Å². The zero-order valence-electron chi connectivity index (χ0n) is 11.4. The number of piperazine rings is 1. The van der Waals surface area contributed by atoms with Crippen LogP contribution in [0, 0.1) is 5.92 Å². The Morgan fingerprint density at radius 1 is 1.32 bits per heavy atom. The van der Waals surface area contributed by atoms with E-state index < -0.39 is 0 Å². The van der Waals surface area contributed by atoms with E-state index in [-0.39, 0.29) is 0 Å². The van der Waals surface area contributed by atoms with Crippen molar-refractivity contribution in [1.29, 1.82) is 0 Å². The van der Waals surface area contributed by atoms with Crippen LogP contribution in [0.25, 0.3) is 0 Å². The highest BCUT2D eigenvalue weighted by atomic mass is 79.9. The lowest BCUT2D eigenvalue weighted by molar-refractivity contribution is 0.153. The molecule has 1 aliphatic carbocycles. The molecule has 1 atom stereocenters. The summed E-state index contributed by atoms with van der Waals surface area (Å²) in [5.74, 6) is 1.83. The lowest BCUT2D eigenvalue weighted by Gasteiger charge is -2.36. The van der Waals surface area contributed by atoms with Gasteiger partial charge in [0, 0.05) is 42.3 Å². The van der Waals surface area contributed by atoms with E-state index in [1.165, 1.54) is 18.4 Å². The molecular formula is C15H21BrN2O. The Hall–Kier alpha value is -0.580. The normalized spacial score (nSPS) is 22.2. The number of methoxy groups -OCH3 is 1. The molecular weight excluding hydrogens is 304 g/mol. The van der Waals surface area contributed by atoms with Crippen LogP contribution in [-0.2, 0) is 0 Å². The van der Waals surface area contributed by atoms with Gasteiger partial charge in [0.2, 0.25) is 0 Å². The van der Waals surface area contributed by atoms with E-state index in [1.807, 2.05) is 0 Å². The van der Waals surface area contributed by atoms with Gasteiger partial charge in [-0.15, -0.1) is 0 Å². The standard InChI is InChI=1S/C15H21BrN2O/c1-19-14-5-4-12(16)10-13(14)15(11-2-3-11)18-8-6-17-7-9-18/h4-5,10-11,15,17H,2-3,6-9H2,1H3/t15-/m0/s1. The number of nitrogens with zero attached hydrogens (tertiary/aromatic N) is 1. The summed E-state index contributed by atoms with van der Waals surface area (Å²) in [6.07, 6.45) is 2.70. The second-order valence-electron chi connectivity index (χ2n) is 5.45. The van der Waals surface area contributed by atoms with Gasteiger partial charge < -0.3 is 10.1 Å². The number of nitrogens with one attached hydrogen (secondary N) is 1. The third-order valence-corrected chi connectivity index (χ3v) is 4.62. The molecule has 1 N–H and O–H groups in total. The molecule has 0 radical (unpaired) electrons. The van der Waals surface area contributed by atoms with Crippen molar-refractivity contribution in [1.82, 2.24) is 10.2 Å². The molecule has 1 saturated heterocycles. The van der Waals surface area contributed by atoms with Gasteiger partial charge in [0.1, 0.15) is 5.75 Å². The molecule has 1 aliphatic heterocycles. The van der Waals surface area contributed by atoms with Gasteiger partial charge in [-0.2, -0.15) is 0 Å². The predicted molar refractivity (Wildman–Crippen MR) is 80.6 cm³/mol. The first-order chi connectivity index (χ1) is 9.29. The number of hydrogen-bond acceptors (Lipinski definition) is 3. The molecule has 4 heteroatoms. The second-order valence-corrected chi connectivity index (χ2v) is 6.37. The molecule has 1 heterocycles. The van der Waals surface area contributed by atoms with Gasteiger partial charge in [0.25, 0.3) is 0 Å². The van der Waals surface area contributed by atoms with Crippen LogP contribution in [0.2, 0.25) is 0 Å². The van der Waals surface area contributed by atoms with Gasteiger partial charge in [0.05, 0.1) is 7.11 Å². The Bertz CT molecular complexity index is 442. The monoisotopic (exact) mass is 324 g/mol. The van der Waals surface area contributed by atoms with E-state index in [0.29, 0.717) is 6.04 Å². The van der Waals surface area contributed by atoms with Crippen molar-refractivity contribution in [2.75, 3.05) is 33.3 Å². The van der Waals surface area contributed by atoms with Crippen LogP contribution in [-0.4, -0.2) is 38.2 Å². The zero-order chi connectivity index (χ0) is 13.2. The summed E-state index contributed by atoms with van der Waals surface area (Å²) < 4.78 is 6.73. The first kappa shape index (κ1) is 13.4. The highest BCUT2D eigenvalue weighted by molar-refractivity contribution is 9.10. The fraction of sp³-hybridized carbons (Fsp3) is 0.600. The highest BCUT2D eigenvalue weighted by Gasteiger charge is 2.38. The number of hydrogen-bond donors (Lipinski definition) is 1. The highest BCUT2D eigenvalue weighted by Crippen LogP contribution is 2.47. The Balaban J connectivity index is 1.92. The fourth-order valence-corrected chi connectivity index (χ4v) is 3.44. The van der Waals surface area contributed by atoms with Crippen molar-refractivity contribution in [3.63, 3.8) is 0 Å². The quantitative estimate of drug-likeness (QED) is 0.921. The van der Waals surface area contributed by atoms with Gasteiger partial charge in [0.15, 0.2) is 0 Å². The minimum Gasteiger partial charge on any atom is -0.496 e. The van der Waals surface area contributed by atoms with Crippen molar-refractivity contribution in [2.45, 2.75) is 18.9 Å². The molecule has 2 aliphatic rings. The smallest absolute Gasteiger partial charge is 0.123 e. The lowest BCUT2D eigenvalue weighted by Crippen LogP contribution is -2.45. The van der Waals surface area contributed by atoms with E-state index in [9.17, 15) is 0 Å². The number of halogens is 1. The zero-order valence-corrected chi connectivity index (χ0v) is 12.9. The Kier molecular flexibility index (Phi) is 4.10. The van der Waals surface area contributed by atoms with Crippen LogP contribution in [0.5, 0.6) is 5.75 Å². The van der Waals surface area contributed by atoms with Crippen LogP contribution in [0.1, 0.15) is 24.4 Å². The Morgan fingerprint density at radius 2 is 2.05 bits per heavy atom. The first-order valence-electron chi connectivity index (χ1n) is 7.08. The molecule has 19 heavy (non-hydrogen) atoms. The summed E-state index contributed by atoms with van der Waals surface area (Å²) in [6.45, 7) is 4.47. The first-order valence-corrected chi connectivity index (χ1v) is 7.87. The van der Waals surface area contributed by atoms with E-state index in [2.05, 4.69) is 44.3 Å². The van der Waals surface area contributed by atoms with Gasteiger partial charge in [-0.1, -0.05) is 15.9 Å². The van der Waals surface area contributed by atoms with E-state index in [0.717, 1.165) is 42.3 Å². The van der Waals surface area contributed by atoms with Crippen LogP contribution >= 0.6 is 15.9 Å². The largest absolute Gasteiger partial charge is 0.496 e. The number of rotatable bonds is 4. The topological polar surface area (TPSA) is 24.5 Å². The van der Waals surface area contributed by atoms with Crippen LogP contribution in [0.3, 0.4) is 0 Å². The second kappa shape index (κ2) is 5.81. The van der Waals surface area contributed by atoms with Crippen molar-refractivity contribution >= 4 is 15.9 Å². The van der Waals surface area contributed by atoms with Gasteiger partial charge in [-0.25, -0.2) is 0 Å². The summed E-state index contributed by atoms with van der Waals surface area (Å²) >= 11 is 3.60. The molecule has 1 aromatic rings. The molecule has 0 spiro atoms. The molecule has 3 rings (SSSR count). The summed E-state index contributed by atoms with van der Waals surface area (Å²) in [5, 5.41) is 3.44. The third-order valence-electron chi connectivity index (χ3n) is 4.12. The molecule has 0 aromatic heterocycles. The predicted octanol–water partition coefficient (Wildman–Crippen LogP) is 2.81. The van der Waals surface area contributed by atoms with Crippen LogP contribution in [0.15, 0.2) is 22.7 Å². The minimum atomic E-state index is 0.523. The molecule has 0 amide bonds. The van der Waals surface area contributed by atoms with Crippen LogP contribution in [0.4, 0.5) is 0 Å². The third kappa shape index (κ3) is 2.96. The molecule has 0 bridgehead atoms. The van der Waals surface area contributed by atoms with Crippen molar-refractivity contribution in [3.8, 4) is 5.75 Å². The molecule has 3 nitrogen and oxygen atoms in total. The van der Waals surface area contributed by atoms with E-state index >= 15 is 0 Å². The summed E-state index contributed by atoms with van der Waals surface area (Å²) in [7, 11) is 1.77. The van der Waals surface area contributed by atoms with Crippen LogP contribution < -0.4 is 10.1 Å². The summed E-state index contributed by atoms with van der Waals surface area (Å²) in [6, 6.07) is 6.90. The van der Waals surface area contributed by atoms with Crippen molar-refractivity contribution in [2.24, 2.45) is 5.92 Å². The molecule has 1 saturated carbocycles. The maximum Gasteiger partial charge on any atom is 0.123 e. The van der Waals surface area contributed by atoms with Gasteiger partial charge >= 0.3 is 0 Å². The number of ether oxygens (including phenoxy) is 1. The maximum atomic E-state index is 5.59. The SMILES string of the molecule is COc1ccc(Br)cc1[C@H](C1CC1)N1CCNCC1. The van der Waals surface area contributed by atoms with Gasteiger partial charge in [-0.3, -0.25) is 4.90 Å². The minimum absolute atomic E-state index is 0.523. The fourth-order valence-electron chi connectivity index (χ4n) is 3.06. The summed E-state index contributed by atoms with van der Waals surface area (Å²) in [5.41, 5.74) is 1.35. The Morgan fingerprint density at radius 3 is 2.68 bits per heavy atom. The molecule has 1 aromatic carbocycles. The lowest BCUT2D eigenvalue weighted by atomic mass is 9.98. The molecule has 0 unspecified atom stereocenters. The van der Waals surface area contributed by atoms with E-state index in [4.69, 9.17) is 4.74 Å². The number of benzene rings is 1. The van der Waals surface area contributed by atoms with Gasteiger partial charge in [-0.05, 0) is 37.0 Å². The summed E-state index contributed by atoms with van der Waals surface area (Å²) in [4.78, 5) is 2.62. The maximum absolute atomic E-state index is 5.59. The van der Waals surface area contributed by atoms with Crippen molar-refractivity contribution in [3.05, 3.63) is 28.2 Å².